The zero-order chi connectivity index (χ0) is 19.2. The fourth-order valence-electron chi connectivity index (χ4n) is 3.24. The molecule has 0 aromatic rings. The number of allylic oxidation sites excluding steroid dienone is 4. The molecule has 0 saturated heterocycles. The molecule has 0 fully saturated rings. The Labute approximate surface area is 166 Å². The maximum atomic E-state index is 6.25. The molecule has 0 unspecified atom stereocenters. The van der Waals surface area contributed by atoms with Crippen LogP contribution in [0.5, 0.6) is 0 Å². The van der Waals surface area contributed by atoms with Crippen molar-refractivity contribution in [1.29, 1.82) is 0 Å². The molecule has 0 aromatic heterocycles. The summed E-state index contributed by atoms with van der Waals surface area (Å²) in [5.74, 6) is 3.49. The van der Waals surface area contributed by atoms with Crippen molar-refractivity contribution in [2.24, 2.45) is 0 Å². The maximum absolute atomic E-state index is 6.25. The molecule has 0 saturated carbocycles. The van der Waals surface area contributed by atoms with Crippen LogP contribution in [0.4, 0.5) is 0 Å². The first kappa shape index (κ1) is 21.7. The fourth-order valence-corrected chi connectivity index (χ4v) is 3.24. The summed E-state index contributed by atoms with van der Waals surface area (Å²) in [6.07, 6.45) is 22.4. The smallest absolute Gasteiger partial charge is 0.165 e. The van der Waals surface area contributed by atoms with Gasteiger partial charge in [0.05, 0.1) is 13.2 Å². The minimum Gasteiger partial charge on any atom is -0.490 e. The monoisotopic (exact) mass is 374 g/mol. The van der Waals surface area contributed by atoms with Crippen LogP contribution in [-0.2, 0) is 14.2 Å². The summed E-state index contributed by atoms with van der Waals surface area (Å²) in [5, 5.41) is 0. The van der Waals surface area contributed by atoms with Gasteiger partial charge in [0, 0.05) is 0 Å². The normalized spacial score (nSPS) is 16.8. The second-order valence-electron chi connectivity index (χ2n) is 7.35. The van der Waals surface area contributed by atoms with Crippen molar-refractivity contribution in [1.82, 2.24) is 0 Å². The van der Waals surface area contributed by atoms with Crippen LogP contribution in [-0.4, -0.2) is 13.2 Å². The Morgan fingerprint density at radius 1 is 0.556 bits per heavy atom. The summed E-state index contributed by atoms with van der Waals surface area (Å²) in [6, 6.07) is 0. The third-order valence-electron chi connectivity index (χ3n) is 4.87. The van der Waals surface area contributed by atoms with Crippen LogP contribution in [0.1, 0.15) is 90.9 Å². The second kappa shape index (κ2) is 13.5. The van der Waals surface area contributed by atoms with Crippen LogP contribution < -0.4 is 0 Å². The second-order valence-corrected chi connectivity index (χ2v) is 7.35. The van der Waals surface area contributed by atoms with Crippen molar-refractivity contribution in [3.05, 3.63) is 47.3 Å². The summed E-state index contributed by atoms with van der Waals surface area (Å²) in [7, 11) is 0. The standard InChI is InChI=1S/C24H38O3/c1-3-5-7-13-19-25-21-15-9-11-17-23(21)27-24-18-12-10-16-22(24)26-20-14-8-6-4-2/h15-18H,3-14,19-20H2,1-2H3. The number of hydrogen-bond donors (Lipinski definition) is 0. The summed E-state index contributed by atoms with van der Waals surface area (Å²) < 4.78 is 18.3. The van der Waals surface area contributed by atoms with Gasteiger partial charge in [0.15, 0.2) is 23.0 Å². The largest absolute Gasteiger partial charge is 0.490 e. The third-order valence-corrected chi connectivity index (χ3v) is 4.87. The molecular formula is C24H38O3. The van der Waals surface area contributed by atoms with Gasteiger partial charge in [0.2, 0.25) is 0 Å². The van der Waals surface area contributed by atoms with Gasteiger partial charge >= 0.3 is 0 Å². The zero-order valence-electron chi connectivity index (χ0n) is 17.4. The summed E-state index contributed by atoms with van der Waals surface area (Å²) >= 11 is 0. The van der Waals surface area contributed by atoms with E-state index in [0.717, 1.165) is 74.8 Å². The average molecular weight is 375 g/mol. The van der Waals surface area contributed by atoms with E-state index in [9.17, 15) is 0 Å². The lowest BCUT2D eigenvalue weighted by atomic mass is 10.1. The van der Waals surface area contributed by atoms with Crippen molar-refractivity contribution in [2.75, 3.05) is 13.2 Å². The molecule has 0 bridgehead atoms. The van der Waals surface area contributed by atoms with Crippen molar-refractivity contribution in [2.45, 2.75) is 90.9 Å². The third kappa shape index (κ3) is 8.28. The average Bonchev–Trinajstić information content (AvgIpc) is 2.70. The van der Waals surface area contributed by atoms with Gasteiger partial charge in [-0.1, -0.05) is 52.4 Å². The van der Waals surface area contributed by atoms with Crippen LogP contribution in [0.15, 0.2) is 47.3 Å². The van der Waals surface area contributed by atoms with Gasteiger partial charge < -0.3 is 14.2 Å². The van der Waals surface area contributed by atoms with E-state index in [2.05, 4.69) is 38.2 Å². The Balaban J connectivity index is 1.82. The molecule has 0 atom stereocenters. The Morgan fingerprint density at radius 2 is 0.963 bits per heavy atom. The van der Waals surface area contributed by atoms with Crippen LogP contribution in [0.2, 0.25) is 0 Å². The van der Waals surface area contributed by atoms with Crippen molar-refractivity contribution in [3.8, 4) is 0 Å². The van der Waals surface area contributed by atoms with E-state index in [1.807, 2.05) is 0 Å². The van der Waals surface area contributed by atoms with E-state index in [1.54, 1.807) is 0 Å². The van der Waals surface area contributed by atoms with Crippen LogP contribution >= 0.6 is 0 Å². The number of unbranched alkanes of at least 4 members (excludes halogenated alkanes) is 6. The lowest BCUT2D eigenvalue weighted by molar-refractivity contribution is 0.148. The van der Waals surface area contributed by atoms with E-state index >= 15 is 0 Å². The summed E-state index contributed by atoms with van der Waals surface area (Å²) in [6.45, 7) is 5.99. The minimum absolute atomic E-state index is 0.766. The van der Waals surface area contributed by atoms with Crippen LogP contribution in [0.3, 0.4) is 0 Å². The van der Waals surface area contributed by atoms with Gasteiger partial charge in [-0.3, -0.25) is 0 Å². The van der Waals surface area contributed by atoms with Gasteiger partial charge in [0.1, 0.15) is 0 Å². The molecule has 3 heteroatoms. The number of hydrogen-bond acceptors (Lipinski definition) is 3. The molecule has 3 nitrogen and oxygen atoms in total. The van der Waals surface area contributed by atoms with Crippen LogP contribution in [0, 0.1) is 0 Å². The van der Waals surface area contributed by atoms with Gasteiger partial charge in [-0.05, 0) is 62.8 Å². The van der Waals surface area contributed by atoms with E-state index < -0.39 is 0 Å². The predicted molar refractivity (Wildman–Crippen MR) is 112 cm³/mol. The van der Waals surface area contributed by atoms with Crippen molar-refractivity contribution < 1.29 is 14.2 Å². The van der Waals surface area contributed by atoms with Crippen molar-refractivity contribution >= 4 is 0 Å². The molecule has 0 amide bonds. The lowest BCUT2D eigenvalue weighted by Crippen LogP contribution is -2.09. The SMILES string of the molecule is CCCCCCOC1=CCCC=C1OC1=CCCC=C1OCCCCCC. The molecule has 2 aliphatic rings. The quantitative estimate of drug-likeness (QED) is 0.298. The molecule has 0 N–H and O–H groups in total. The lowest BCUT2D eigenvalue weighted by Gasteiger charge is -2.22. The molecule has 0 aromatic carbocycles. The Hall–Kier alpha value is -1.64. The van der Waals surface area contributed by atoms with Crippen molar-refractivity contribution in [3.63, 3.8) is 0 Å². The van der Waals surface area contributed by atoms with Gasteiger partial charge in [-0.25, -0.2) is 0 Å². The molecule has 152 valence electrons. The minimum atomic E-state index is 0.766. The fraction of sp³-hybridized carbons (Fsp3) is 0.667. The molecule has 2 rings (SSSR count). The highest BCUT2D eigenvalue weighted by atomic mass is 16.6. The van der Waals surface area contributed by atoms with Gasteiger partial charge in [-0.2, -0.15) is 0 Å². The highest BCUT2D eigenvalue weighted by Gasteiger charge is 2.18. The number of rotatable bonds is 14. The van der Waals surface area contributed by atoms with Gasteiger partial charge in [0.25, 0.3) is 0 Å². The van der Waals surface area contributed by atoms with Crippen LogP contribution in [0.25, 0.3) is 0 Å². The topological polar surface area (TPSA) is 27.7 Å². The Morgan fingerprint density at radius 3 is 1.37 bits per heavy atom. The zero-order valence-corrected chi connectivity index (χ0v) is 17.4. The van der Waals surface area contributed by atoms with Gasteiger partial charge in [-0.15, -0.1) is 0 Å². The van der Waals surface area contributed by atoms with E-state index in [0.29, 0.717) is 0 Å². The number of ether oxygens (including phenoxy) is 3. The molecule has 0 heterocycles. The maximum Gasteiger partial charge on any atom is 0.165 e. The highest BCUT2D eigenvalue weighted by Crippen LogP contribution is 2.29. The molecule has 0 radical (unpaired) electrons. The highest BCUT2D eigenvalue weighted by molar-refractivity contribution is 5.31. The van der Waals surface area contributed by atoms with E-state index in [1.165, 1.54) is 38.5 Å². The summed E-state index contributed by atoms with van der Waals surface area (Å²) in [4.78, 5) is 0. The molecule has 27 heavy (non-hydrogen) atoms. The summed E-state index contributed by atoms with van der Waals surface area (Å²) in [5.41, 5.74) is 0. The first-order valence-corrected chi connectivity index (χ1v) is 11.1. The molecular weight excluding hydrogens is 336 g/mol. The molecule has 2 aliphatic carbocycles. The van der Waals surface area contributed by atoms with E-state index in [-0.39, 0.29) is 0 Å². The Bertz CT molecular complexity index is 492. The first-order chi connectivity index (χ1) is 13.3. The Kier molecular flexibility index (Phi) is 10.8. The first-order valence-electron chi connectivity index (χ1n) is 11.1. The predicted octanol–water partition coefficient (Wildman–Crippen LogP) is 7.32. The molecule has 0 spiro atoms. The van der Waals surface area contributed by atoms with E-state index in [4.69, 9.17) is 14.2 Å². The molecule has 0 aliphatic heterocycles.